The zero-order chi connectivity index (χ0) is 16.9. The number of ether oxygens (including phenoxy) is 2. The lowest BCUT2D eigenvalue weighted by atomic mass is 10.1. The average molecular weight is 346 g/mol. The molecule has 1 saturated carbocycles. The Morgan fingerprint density at radius 3 is 2.46 bits per heavy atom. The highest BCUT2D eigenvalue weighted by Gasteiger charge is 2.63. The molecule has 7 heteroatoms. The third kappa shape index (κ3) is 2.24. The molecule has 2 aliphatic rings. The average Bonchev–Trinajstić information content (AvgIpc) is 3.19. The molecule has 2 aromatic rings. The smallest absolute Gasteiger partial charge is 0.308 e. The van der Waals surface area contributed by atoms with Crippen molar-refractivity contribution in [3.8, 4) is 11.5 Å². The first-order chi connectivity index (χ1) is 11.5. The van der Waals surface area contributed by atoms with Crippen molar-refractivity contribution in [1.29, 1.82) is 0 Å². The molecule has 1 aliphatic heterocycles. The molecule has 24 heavy (non-hydrogen) atoms. The Hall–Kier alpha value is -2.54. The van der Waals surface area contributed by atoms with Crippen LogP contribution in [0.1, 0.15) is 11.5 Å². The summed E-state index contributed by atoms with van der Waals surface area (Å²) >= 11 is 0. The summed E-state index contributed by atoms with van der Waals surface area (Å²) in [4.78, 5) is 11.7. The van der Waals surface area contributed by atoms with Gasteiger partial charge in [0.15, 0.2) is 21.3 Å². The van der Waals surface area contributed by atoms with Gasteiger partial charge in [-0.25, -0.2) is 8.42 Å². The van der Waals surface area contributed by atoms with Crippen LogP contribution < -0.4 is 9.47 Å². The van der Waals surface area contributed by atoms with Crippen molar-refractivity contribution in [2.75, 3.05) is 6.79 Å². The summed E-state index contributed by atoms with van der Waals surface area (Å²) in [5, 5.41) is 8.46. The van der Waals surface area contributed by atoms with Crippen LogP contribution in [-0.4, -0.2) is 31.5 Å². The Morgan fingerprint density at radius 2 is 1.75 bits per heavy atom. The van der Waals surface area contributed by atoms with E-state index in [1.807, 2.05) is 0 Å². The maximum absolute atomic E-state index is 12.8. The van der Waals surface area contributed by atoms with Crippen LogP contribution in [0.5, 0.6) is 11.5 Å². The maximum Gasteiger partial charge on any atom is 0.308 e. The molecule has 124 valence electrons. The number of carboxylic acids is 1. The summed E-state index contributed by atoms with van der Waals surface area (Å²) in [5.74, 6) is -1.58. The first-order valence-corrected chi connectivity index (χ1v) is 8.96. The quantitative estimate of drug-likeness (QED) is 0.911. The molecule has 1 aliphatic carbocycles. The minimum atomic E-state index is -3.72. The molecule has 1 fully saturated rings. The molecular weight excluding hydrogens is 332 g/mol. The minimum absolute atomic E-state index is 0.109. The van der Waals surface area contributed by atoms with Crippen LogP contribution in [-0.2, 0) is 14.6 Å². The fraction of sp³-hybridized carbons (Fsp3) is 0.235. The molecule has 1 heterocycles. The minimum Gasteiger partial charge on any atom is -0.481 e. The SMILES string of the molecule is O=C(O)C1C(c2ccc3c(c2)OCO3)C1S(=O)(=O)c1ccccc1. The summed E-state index contributed by atoms with van der Waals surface area (Å²) in [6.45, 7) is 0.109. The molecule has 2 aromatic carbocycles. The van der Waals surface area contributed by atoms with Crippen molar-refractivity contribution in [3.05, 3.63) is 54.1 Å². The molecule has 0 aromatic heterocycles. The highest BCUT2D eigenvalue weighted by Crippen LogP contribution is 2.55. The molecule has 4 rings (SSSR count). The van der Waals surface area contributed by atoms with Gasteiger partial charge in [0.2, 0.25) is 6.79 Å². The van der Waals surface area contributed by atoms with Crippen molar-refractivity contribution < 1.29 is 27.8 Å². The monoisotopic (exact) mass is 346 g/mol. The van der Waals surface area contributed by atoms with Gasteiger partial charge in [0, 0.05) is 5.92 Å². The van der Waals surface area contributed by atoms with E-state index < -0.39 is 32.9 Å². The number of hydrogen-bond acceptors (Lipinski definition) is 5. The van der Waals surface area contributed by atoms with Crippen LogP contribution in [0.4, 0.5) is 0 Å². The Kier molecular flexibility index (Phi) is 3.28. The Labute approximate surface area is 138 Å². The highest BCUT2D eigenvalue weighted by molar-refractivity contribution is 7.92. The number of aliphatic carboxylic acids is 1. The van der Waals surface area contributed by atoms with Gasteiger partial charge in [-0.3, -0.25) is 4.79 Å². The fourth-order valence-electron chi connectivity index (χ4n) is 3.25. The van der Waals surface area contributed by atoms with Crippen LogP contribution in [0.2, 0.25) is 0 Å². The molecular formula is C17H14O6S. The van der Waals surface area contributed by atoms with E-state index in [1.54, 1.807) is 36.4 Å². The summed E-state index contributed by atoms with van der Waals surface area (Å²) in [5.41, 5.74) is 0.635. The van der Waals surface area contributed by atoms with Crippen LogP contribution in [0.15, 0.2) is 53.4 Å². The van der Waals surface area contributed by atoms with Gasteiger partial charge in [0.05, 0.1) is 16.1 Å². The number of hydrogen-bond donors (Lipinski definition) is 1. The second-order valence-corrected chi connectivity index (χ2v) is 7.93. The van der Waals surface area contributed by atoms with E-state index in [4.69, 9.17) is 9.47 Å². The zero-order valence-corrected chi connectivity index (χ0v) is 13.3. The van der Waals surface area contributed by atoms with E-state index in [-0.39, 0.29) is 11.7 Å². The van der Waals surface area contributed by atoms with E-state index in [0.717, 1.165) is 0 Å². The van der Waals surface area contributed by atoms with Crippen molar-refractivity contribution in [3.63, 3.8) is 0 Å². The molecule has 0 radical (unpaired) electrons. The van der Waals surface area contributed by atoms with E-state index in [9.17, 15) is 18.3 Å². The fourth-order valence-corrected chi connectivity index (χ4v) is 5.39. The largest absolute Gasteiger partial charge is 0.481 e. The molecule has 0 bridgehead atoms. The summed E-state index contributed by atoms with van der Waals surface area (Å²) < 4.78 is 36.1. The van der Waals surface area contributed by atoms with Crippen molar-refractivity contribution >= 4 is 15.8 Å². The van der Waals surface area contributed by atoms with Crippen molar-refractivity contribution in [2.45, 2.75) is 16.1 Å². The summed E-state index contributed by atoms with van der Waals surface area (Å²) in [7, 11) is -3.72. The second kappa shape index (κ2) is 5.24. The highest BCUT2D eigenvalue weighted by atomic mass is 32.2. The van der Waals surface area contributed by atoms with Gasteiger partial charge in [-0.1, -0.05) is 24.3 Å². The third-order valence-corrected chi connectivity index (χ3v) is 6.68. The number of carboxylic acid groups (broad SMARTS) is 1. The number of benzene rings is 2. The number of carbonyl (C=O) groups is 1. The van der Waals surface area contributed by atoms with Gasteiger partial charge in [-0.2, -0.15) is 0 Å². The van der Waals surface area contributed by atoms with Crippen molar-refractivity contribution in [1.82, 2.24) is 0 Å². The van der Waals surface area contributed by atoms with Gasteiger partial charge >= 0.3 is 5.97 Å². The summed E-state index contributed by atoms with van der Waals surface area (Å²) in [6.07, 6.45) is 0. The first-order valence-electron chi connectivity index (χ1n) is 7.41. The first kappa shape index (κ1) is 15.0. The molecule has 3 unspecified atom stereocenters. The number of rotatable bonds is 4. The Bertz CT molecular complexity index is 906. The lowest BCUT2D eigenvalue weighted by Crippen LogP contribution is -2.13. The van der Waals surface area contributed by atoms with Gasteiger partial charge in [0.25, 0.3) is 0 Å². The predicted molar refractivity (Wildman–Crippen MR) is 83.8 cm³/mol. The number of fused-ring (bicyclic) bond motifs is 1. The van der Waals surface area contributed by atoms with Gasteiger partial charge in [-0.15, -0.1) is 0 Å². The van der Waals surface area contributed by atoms with E-state index in [0.29, 0.717) is 17.1 Å². The topological polar surface area (TPSA) is 89.9 Å². The lowest BCUT2D eigenvalue weighted by Gasteiger charge is -2.04. The van der Waals surface area contributed by atoms with Gasteiger partial charge in [0.1, 0.15) is 0 Å². The zero-order valence-electron chi connectivity index (χ0n) is 12.5. The molecule has 6 nitrogen and oxygen atoms in total. The third-order valence-electron chi connectivity index (χ3n) is 4.45. The Balaban J connectivity index is 1.72. The standard InChI is InChI=1S/C17H14O6S/c18-17(19)15-14(10-6-7-12-13(8-10)23-9-22-12)16(15)24(20,21)11-4-2-1-3-5-11/h1-8,14-16H,9H2,(H,18,19). The second-order valence-electron chi connectivity index (χ2n) is 5.83. The van der Waals surface area contributed by atoms with Gasteiger partial charge < -0.3 is 14.6 Å². The van der Waals surface area contributed by atoms with E-state index in [2.05, 4.69) is 0 Å². The van der Waals surface area contributed by atoms with Gasteiger partial charge in [-0.05, 0) is 29.8 Å². The number of sulfone groups is 1. The van der Waals surface area contributed by atoms with Crippen LogP contribution in [0.3, 0.4) is 0 Å². The molecule has 0 amide bonds. The van der Waals surface area contributed by atoms with Crippen LogP contribution in [0, 0.1) is 5.92 Å². The normalized spacial score (nSPS) is 24.6. The molecule has 3 atom stereocenters. The molecule has 0 saturated heterocycles. The van der Waals surface area contributed by atoms with Crippen molar-refractivity contribution in [2.24, 2.45) is 5.92 Å². The molecule has 0 spiro atoms. The lowest BCUT2D eigenvalue weighted by molar-refractivity contribution is -0.138. The van der Waals surface area contributed by atoms with E-state index >= 15 is 0 Å². The van der Waals surface area contributed by atoms with Crippen LogP contribution in [0.25, 0.3) is 0 Å². The van der Waals surface area contributed by atoms with E-state index in [1.165, 1.54) is 12.1 Å². The maximum atomic E-state index is 12.8. The predicted octanol–water partition coefficient (Wildman–Crippen LogP) is 2.06. The summed E-state index contributed by atoms with van der Waals surface area (Å²) in [6, 6.07) is 13.0. The van der Waals surface area contributed by atoms with Crippen LogP contribution >= 0.6 is 0 Å². The Morgan fingerprint density at radius 1 is 1.04 bits per heavy atom. The molecule has 1 N–H and O–H groups in total.